The molecule has 1 rings (SSSR count). The van der Waals surface area contributed by atoms with E-state index in [-0.39, 0.29) is 16.4 Å². The normalized spacial score (nSPS) is 10.5. The number of nitrogens with zero attached hydrogens (tertiary/aromatic N) is 1. The van der Waals surface area contributed by atoms with E-state index in [1.165, 1.54) is 18.2 Å². The van der Waals surface area contributed by atoms with E-state index in [9.17, 15) is 9.59 Å². The van der Waals surface area contributed by atoms with E-state index in [1.54, 1.807) is 0 Å². The van der Waals surface area contributed by atoms with Gasteiger partial charge in [0.2, 0.25) is 5.91 Å². The van der Waals surface area contributed by atoms with Gasteiger partial charge < -0.3 is 10.8 Å². The van der Waals surface area contributed by atoms with Crippen molar-refractivity contribution in [1.29, 1.82) is 0 Å². The molecule has 0 aliphatic carbocycles. The van der Waals surface area contributed by atoms with E-state index in [0.717, 1.165) is 6.08 Å². The third-order valence-electron chi connectivity index (χ3n) is 1.52. The van der Waals surface area contributed by atoms with Gasteiger partial charge in [-0.3, -0.25) is 4.79 Å². The number of halogens is 1. The van der Waals surface area contributed by atoms with Crippen LogP contribution in [0, 0.1) is 0 Å². The topological polar surface area (TPSA) is 93.3 Å². The van der Waals surface area contributed by atoms with Gasteiger partial charge in [-0.15, -0.1) is 0 Å². The van der Waals surface area contributed by atoms with E-state index in [2.05, 4.69) is 4.98 Å². The first kappa shape index (κ1) is 11.2. The molecule has 0 aliphatic rings. The standard InChI is InChI=1S/C9H7ClN2O3/c10-6-3-1-5(2-4-7(11)13)8(12-6)9(14)15/h1-4H,(H2,11,13)(H,14,15). The van der Waals surface area contributed by atoms with Gasteiger partial charge in [0.05, 0.1) is 0 Å². The summed E-state index contributed by atoms with van der Waals surface area (Å²) in [5.41, 5.74) is 4.92. The first-order chi connectivity index (χ1) is 7.00. The molecule has 0 saturated carbocycles. The van der Waals surface area contributed by atoms with Gasteiger partial charge in [-0.25, -0.2) is 9.78 Å². The van der Waals surface area contributed by atoms with Crippen LogP contribution >= 0.6 is 11.6 Å². The Labute approximate surface area is 90.2 Å². The van der Waals surface area contributed by atoms with Crippen molar-refractivity contribution in [2.45, 2.75) is 0 Å². The van der Waals surface area contributed by atoms with Crippen LogP contribution in [0.4, 0.5) is 0 Å². The molecule has 1 aromatic rings. The average molecular weight is 227 g/mol. The second-order valence-corrected chi connectivity index (χ2v) is 3.00. The molecule has 0 radical (unpaired) electrons. The molecular formula is C9H7ClN2O3. The van der Waals surface area contributed by atoms with Crippen molar-refractivity contribution in [1.82, 2.24) is 4.98 Å². The van der Waals surface area contributed by atoms with Gasteiger partial charge in [0.1, 0.15) is 5.15 Å². The number of carbonyl (C=O) groups excluding carboxylic acids is 1. The molecule has 15 heavy (non-hydrogen) atoms. The molecule has 5 nitrogen and oxygen atoms in total. The summed E-state index contributed by atoms with van der Waals surface area (Å²) in [5, 5.41) is 8.86. The number of carboxylic acid groups (broad SMARTS) is 1. The summed E-state index contributed by atoms with van der Waals surface area (Å²) in [6.45, 7) is 0. The number of pyridine rings is 1. The highest BCUT2D eigenvalue weighted by atomic mass is 35.5. The molecule has 6 heteroatoms. The summed E-state index contributed by atoms with van der Waals surface area (Å²) in [5.74, 6) is -1.89. The Balaban J connectivity index is 3.17. The lowest BCUT2D eigenvalue weighted by atomic mass is 10.2. The molecule has 0 bridgehead atoms. The second-order valence-electron chi connectivity index (χ2n) is 2.61. The van der Waals surface area contributed by atoms with Crippen molar-refractivity contribution in [3.8, 4) is 0 Å². The molecule has 3 N–H and O–H groups in total. The Morgan fingerprint density at radius 3 is 2.67 bits per heavy atom. The number of aromatic nitrogens is 1. The zero-order chi connectivity index (χ0) is 11.4. The highest BCUT2D eigenvalue weighted by molar-refractivity contribution is 6.29. The maximum Gasteiger partial charge on any atom is 0.355 e. The Morgan fingerprint density at radius 2 is 2.13 bits per heavy atom. The lowest BCUT2D eigenvalue weighted by molar-refractivity contribution is -0.113. The van der Waals surface area contributed by atoms with Gasteiger partial charge >= 0.3 is 5.97 Å². The Bertz CT molecular complexity index is 443. The SMILES string of the molecule is NC(=O)C=Cc1ccc(Cl)nc1C(=O)O. The fourth-order valence-electron chi connectivity index (χ4n) is 0.924. The summed E-state index contributed by atoms with van der Waals surface area (Å²) in [4.78, 5) is 24.8. The Kier molecular flexibility index (Phi) is 3.41. The van der Waals surface area contributed by atoms with Crippen LogP contribution in [0.25, 0.3) is 6.08 Å². The molecule has 0 saturated heterocycles. The molecule has 0 fully saturated rings. The van der Waals surface area contributed by atoms with E-state index < -0.39 is 11.9 Å². The van der Waals surface area contributed by atoms with Gasteiger partial charge in [0.15, 0.2) is 5.69 Å². The van der Waals surface area contributed by atoms with Crippen molar-refractivity contribution >= 4 is 29.6 Å². The quantitative estimate of drug-likeness (QED) is 0.592. The van der Waals surface area contributed by atoms with Crippen LogP contribution in [0.3, 0.4) is 0 Å². The number of amides is 1. The first-order valence-corrected chi connectivity index (χ1v) is 4.26. The molecule has 0 atom stereocenters. The minimum absolute atomic E-state index is 0.0728. The van der Waals surface area contributed by atoms with Crippen LogP contribution in [0.1, 0.15) is 16.1 Å². The molecule has 0 aliphatic heterocycles. The van der Waals surface area contributed by atoms with Crippen molar-refractivity contribution in [2.24, 2.45) is 5.73 Å². The predicted octanol–water partition coefficient (Wildman–Crippen LogP) is 0.932. The fourth-order valence-corrected chi connectivity index (χ4v) is 1.07. The molecule has 1 aromatic heterocycles. The van der Waals surface area contributed by atoms with E-state index in [1.807, 2.05) is 0 Å². The summed E-state index contributed by atoms with van der Waals surface area (Å²) in [6.07, 6.45) is 2.33. The largest absolute Gasteiger partial charge is 0.476 e. The van der Waals surface area contributed by atoms with Crippen LogP contribution in [-0.2, 0) is 4.79 Å². The summed E-state index contributed by atoms with van der Waals surface area (Å²) < 4.78 is 0. The minimum atomic E-state index is -1.22. The third-order valence-corrected chi connectivity index (χ3v) is 1.73. The van der Waals surface area contributed by atoms with Gasteiger partial charge in [0, 0.05) is 11.6 Å². The number of aromatic carboxylic acids is 1. The third kappa shape index (κ3) is 3.07. The number of carboxylic acids is 1. The zero-order valence-corrected chi connectivity index (χ0v) is 8.23. The molecule has 0 spiro atoms. The maximum absolute atomic E-state index is 10.7. The van der Waals surface area contributed by atoms with Crippen molar-refractivity contribution < 1.29 is 14.7 Å². The van der Waals surface area contributed by atoms with Crippen LogP contribution < -0.4 is 5.73 Å². The van der Waals surface area contributed by atoms with E-state index in [0.29, 0.717) is 0 Å². The lowest BCUT2D eigenvalue weighted by Crippen LogP contribution is -2.07. The zero-order valence-electron chi connectivity index (χ0n) is 7.48. The van der Waals surface area contributed by atoms with Gasteiger partial charge in [-0.05, 0) is 18.2 Å². The maximum atomic E-state index is 10.7. The predicted molar refractivity (Wildman–Crippen MR) is 54.4 cm³/mol. The lowest BCUT2D eigenvalue weighted by Gasteiger charge is -1.99. The van der Waals surface area contributed by atoms with Crippen LogP contribution in [0.15, 0.2) is 18.2 Å². The summed E-state index contributed by atoms with van der Waals surface area (Å²) in [6, 6.07) is 2.87. The van der Waals surface area contributed by atoms with Gasteiger partial charge in [0.25, 0.3) is 0 Å². The van der Waals surface area contributed by atoms with Gasteiger partial charge in [-0.1, -0.05) is 11.6 Å². The number of primary amides is 1. The Morgan fingerprint density at radius 1 is 1.47 bits per heavy atom. The number of hydrogen-bond acceptors (Lipinski definition) is 3. The van der Waals surface area contributed by atoms with E-state index in [4.69, 9.17) is 22.4 Å². The first-order valence-electron chi connectivity index (χ1n) is 3.88. The van der Waals surface area contributed by atoms with Gasteiger partial charge in [-0.2, -0.15) is 0 Å². The molecule has 0 aromatic carbocycles. The monoisotopic (exact) mass is 226 g/mol. The smallest absolute Gasteiger partial charge is 0.355 e. The van der Waals surface area contributed by atoms with Crippen LogP contribution in [0.5, 0.6) is 0 Å². The van der Waals surface area contributed by atoms with Crippen LogP contribution in [0.2, 0.25) is 5.15 Å². The molecule has 1 amide bonds. The number of carbonyl (C=O) groups is 2. The number of nitrogens with two attached hydrogens (primary N) is 1. The molecule has 1 heterocycles. The van der Waals surface area contributed by atoms with Crippen molar-refractivity contribution in [3.63, 3.8) is 0 Å². The number of hydrogen-bond donors (Lipinski definition) is 2. The summed E-state index contributed by atoms with van der Waals surface area (Å²) in [7, 11) is 0. The van der Waals surface area contributed by atoms with Crippen LogP contribution in [-0.4, -0.2) is 22.0 Å². The molecule has 78 valence electrons. The Hall–Kier alpha value is -1.88. The minimum Gasteiger partial charge on any atom is -0.476 e. The highest BCUT2D eigenvalue weighted by Gasteiger charge is 2.10. The highest BCUT2D eigenvalue weighted by Crippen LogP contribution is 2.13. The fraction of sp³-hybridized carbons (Fsp3) is 0. The summed E-state index contributed by atoms with van der Waals surface area (Å²) >= 11 is 5.53. The second kappa shape index (κ2) is 4.56. The van der Waals surface area contributed by atoms with E-state index >= 15 is 0 Å². The molecular weight excluding hydrogens is 220 g/mol. The molecule has 0 unspecified atom stereocenters. The average Bonchev–Trinajstić information content (AvgIpc) is 2.15. The van der Waals surface area contributed by atoms with Crippen molar-refractivity contribution in [3.05, 3.63) is 34.6 Å². The number of rotatable bonds is 3. The van der Waals surface area contributed by atoms with Crippen molar-refractivity contribution in [2.75, 3.05) is 0 Å².